The number of para-hydroxylation sites is 1. The maximum atomic E-state index is 9.76. The Morgan fingerprint density at radius 2 is 2.23 bits per heavy atom. The number of thioether (sulfide) groups is 1. The third-order valence-electron chi connectivity index (χ3n) is 1.84. The minimum Gasteiger partial charge on any atom is -0.506 e. The van der Waals surface area contributed by atoms with E-state index in [1.807, 2.05) is 31.4 Å². The van der Waals surface area contributed by atoms with E-state index in [1.165, 1.54) is 0 Å². The average Bonchev–Trinajstić information content (AvgIpc) is 2.08. The average molecular weight is 197 g/mol. The second-order valence-corrected chi connectivity index (χ2v) is 4.00. The first-order valence-electron chi connectivity index (χ1n) is 4.25. The molecule has 1 aromatic rings. The van der Waals surface area contributed by atoms with E-state index in [0.29, 0.717) is 5.75 Å². The van der Waals surface area contributed by atoms with Gasteiger partial charge in [-0.05, 0) is 31.2 Å². The van der Waals surface area contributed by atoms with Gasteiger partial charge in [0.1, 0.15) is 5.75 Å². The number of nitrogens with two attached hydrogens (primary N) is 1. The summed E-state index contributed by atoms with van der Waals surface area (Å²) in [5.74, 6) is 0.382. The van der Waals surface area contributed by atoms with E-state index >= 15 is 0 Å². The van der Waals surface area contributed by atoms with Crippen molar-refractivity contribution >= 4 is 11.8 Å². The highest BCUT2D eigenvalue weighted by Gasteiger charge is 2.07. The van der Waals surface area contributed by atoms with Crippen molar-refractivity contribution in [1.82, 2.24) is 0 Å². The van der Waals surface area contributed by atoms with E-state index in [0.717, 1.165) is 16.9 Å². The molecule has 0 amide bonds. The van der Waals surface area contributed by atoms with Gasteiger partial charge in [-0.15, -0.1) is 11.8 Å². The molecular formula is C10H15NOS. The molecule has 1 aromatic carbocycles. The van der Waals surface area contributed by atoms with Crippen LogP contribution in [0.15, 0.2) is 23.1 Å². The molecule has 0 saturated carbocycles. The summed E-state index contributed by atoms with van der Waals surface area (Å²) < 4.78 is 0. The molecule has 0 aliphatic carbocycles. The lowest BCUT2D eigenvalue weighted by molar-refractivity contribution is 0.453. The summed E-state index contributed by atoms with van der Waals surface area (Å²) in [4.78, 5) is 0.915. The van der Waals surface area contributed by atoms with Gasteiger partial charge in [0.25, 0.3) is 0 Å². The van der Waals surface area contributed by atoms with E-state index in [-0.39, 0.29) is 6.04 Å². The minimum absolute atomic E-state index is 0.0861. The summed E-state index contributed by atoms with van der Waals surface area (Å²) in [7, 11) is 0. The highest BCUT2D eigenvalue weighted by Crippen LogP contribution is 2.30. The van der Waals surface area contributed by atoms with Crippen LogP contribution in [0.25, 0.3) is 0 Å². The van der Waals surface area contributed by atoms with Gasteiger partial charge in [0.2, 0.25) is 0 Å². The summed E-state index contributed by atoms with van der Waals surface area (Å²) in [6.07, 6.45) is 2.67. The van der Waals surface area contributed by atoms with Gasteiger partial charge in [0, 0.05) is 10.9 Å². The fraction of sp³-hybridized carbons (Fsp3) is 0.400. The number of aromatic hydroxyl groups is 1. The van der Waals surface area contributed by atoms with Crippen molar-refractivity contribution in [2.75, 3.05) is 6.26 Å². The monoisotopic (exact) mass is 197 g/mol. The Hall–Kier alpha value is -0.670. The van der Waals surface area contributed by atoms with Crippen molar-refractivity contribution in [3.8, 4) is 5.75 Å². The first kappa shape index (κ1) is 10.4. The number of hydrogen-bond donors (Lipinski definition) is 2. The fourth-order valence-corrected chi connectivity index (χ4v) is 1.78. The third-order valence-corrected chi connectivity index (χ3v) is 2.61. The minimum atomic E-state index is 0.0861. The van der Waals surface area contributed by atoms with E-state index < -0.39 is 0 Å². The van der Waals surface area contributed by atoms with Crippen LogP contribution >= 0.6 is 11.8 Å². The number of phenols is 1. The first-order chi connectivity index (χ1) is 6.15. The molecule has 0 unspecified atom stereocenters. The van der Waals surface area contributed by atoms with Crippen LogP contribution in [0.2, 0.25) is 0 Å². The highest BCUT2D eigenvalue weighted by atomic mass is 32.2. The predicted octanol–water partition coefficient (Wildman–Crippen LogP) is 2.00. The Morgan fingerprint density at radius 3 is 2.77 bits per heavy atom. The van der Waals surface area contributed by atoms with E-state index in [4.69, 9.17) is 5.73 Å². The van der Waals surface area contributed by atoms with Crippen molar-refractivity contribution < 1.29 is 5.11 Å². The van der Waals surface area contributed by atoms with Crippen LogP contribution in [-0.4, -0.2) is 17.4 Å². The molecule has 2 nitrogen and oxygen atoms in total. The van der Waals surface area contributed by atoms with E-state index in [1.54, 1.807) is 11.8 Å². The molecule has 0 heterocycles. The standard InChI is InChI=1S/C10H15NOS/c1-7(11)6-8-4-3-5-9(13-2)10(8)12/h3-5,7,12H,6,11H2,1-2H3/t7-/m0/s1. The van der Waals surface area contributed by atoms with Crippen molar-refractivity contribution in [3.05, 3.63) is 23.8 Å². The lowest BCUT2D eigenvalue weighted by atomic mass is 10.1. The van der Waals surface area contributed by atoms with Crippen LogP contribution in [0.4, 0.5) is 0 Å². The summed E-state index contributed by atoms with van der Waals surface area (Å²) in [5.41, 5.74) is 6.60. The molecule has 0 spiro atoms. The molecule has 3 N–H and O–H groups in total. The molecule has 0 saturated heterocycles. The van der Waals surface area contributed by atoms with E-state index in [9.17, 15) is 5.11 Å². The normalized spacial score (nSPS) is 12.8. The molecule has 0 aliphatic heterocycles. The zero-order valence-electron chi connectivity index (χ0n) is 7.95. The lowest BCUT2D eigenvalue weighted by Crippen LogP contribution is -2.17. The smallest absolute Gasteiger partial charge is 0.132 e. The fourth-order valence-electron chi connectivity index (χ4n) is 1.24. The van der Waals surface area contributed by atoms with Crippen LogP contribution in [0.3, 0.4) is 0 Å². The first-order valence-corrected chi connectivity index (χ1v) is 5.48. The Balaban J connectivity index is 2.94. The van der Waals surface area contributed by atoms with Gasteiger partial charge in [-0.3, -0.25) is 0 Å². The summed E-state index contributed by atoms with van der Waals surface area (Å²) in [6.45, 7) is 1.94. The molecule has 0 aromatic heterocycles. The Kier molecular flexibility index (Phi) is 3.63. The van der Waals surface area contributed by atoms with Gasteiger partial charge in [0.05, 0.1) is 0 Å². The van der Waals surface area contributed by atoms with Crippen LogP contribution in [0, 0.1) is 0 Å². The molecule has 0 bridgehead atoms. The van der Waals surface area contributed by atoms with Gasteiger partial charge in [-0.25, -0.2) is 0 Å². The van der Waals surface area contributed by atoms with E-state index in [2.05, 4.69) is 0 Å². The zero-order chi connectivity index (χ0) is 9.84. The Morgan fingerprint density at radius 1 is 1.54 bits per heavy atom. The Labute approximate surface area is 83.1 Å². The summed E-state index contributed by atoms with van der Waals surface area (Å²) in [6, 6.07) is 5.86. The lowest BCUT2D eigenvalue weighted by Gasteiger charge is -2.09. The molecule has 0 aliphatic rings. The molecule has 3 heteroatoms. The molecule has 13 heavy (non-hydrogen) atoms. The van der Waals surface area contributed by atoms with Gasteiger partial charge in [0.15, 0.2) is 0 Å². The maximum Gasteiger partial charge on any atom is 0.132 e. The van der Waals surface area contributed by atoms with Gasteiger partial charge < -0.3 is 10.8 Å². The molecule has 0 fully saturated rings. The van der Waals surface area contributed by atoms with Gasteiger partial charge in [-0.2, -0.15) is 0 Å². The number of benzene rings is 1. The van der Waals surface area contributed by atoms with Gasteiger partial charge in [-0.1, -0.05) is 12.1 Å². The Bertz CT molecular complexity index is 286. The summed E-state index contributed by atoms with van der Waals surface area (Å²) >= 11 is 1.55. The second-order valence-electron chi connectivity index (χ2n) is 3.15. The van der Waals surface area contributed by atoms with Crippen molar-refractivity contribution in [2.45, 2.75) is 24.3 Å². The molecule has 0 radical (unpaired) electrons. The largest absolute Gasteiger partial charge is 0.506 e. The van der Waals surface area contributed by atoms with Crippen LogP contribution in [-0.2, 0) is 6.42 Å². The van der Waals surface area contributed by atoms with Crippen molar-refractivity contribution in [2.24, 2.45) is 5.73 Å². The molecule has 72 valence electrons. The molecule has 1 rings (SSSR count). The SMILES string of the molecule is CSc1cccc(C[C@H](C)N)c1O. The van der Waals surface area contributed by atoms with Crippen LogP contribution < -0.4 is 5.73 Å². The van der Waals surface area contributed by atoms with Crippen LogP contribution in [0.1, 0.15) is 12.5 Å². The van der Waals surface area contributed by atoms with Crippen molar-refractivity contribution in [3.63, 3.8) is 0 Å². The number of hydrogen-bond acceptors (Lipinski definition) is 3. The third kappa shape index (κ3) is 2.64. The van der Waals surface area contributed by atoms with Crippen LogP contribution in [0.5, 0.6) is 5.75 Å². The van der Waals surface area contributed by atoms with Gasteiger partial charge >= 0.3 is 0 Å². The molecule has 1 atom stereocenters. The second kappa shape index (κ2) is 4.53. The number of rotatable bonds is 3. The molecular weight excluding hydrogens is 182 g/mol. The quantitative estimate of drug-likeness (QED) is 0.729. The maximum absolute atomic E-state index is 9.76. The number of phenolic OH excluding ortho intramolecular Hbond substituents is 1. The summed E-state index contributed by atoms with van der Waals surface area (Å²) in [5, 5.41) is 9.76. The van der Waals surface area contributed by atoms with Crippen molar-refractivity contribution in [1.29, 1.82) is 0 Å². The predicted molar refractivity (Wildman–Crippen MR) is 57.2 cm³/mol. The highest BCUT2D eigenvalue weighted by molar-refractivity contribution is 7.98. The zero-order valence-corrected chi connectivity index (χ0v) is 8.77. The topological polar surface area (TPSA) is 46.2 Å².